The average Bonchev–Trinajstić information content (AvgIpc) is 2.85. The molecule has 1 aliphatic rings. The van der Waals surface area contributed by atoms with Gasteiger partial charge in [0.2, 0.25) is 5.91 Å². The first-order chi connectivity index (χ1) is 6.47. The molecule has 3 N–H and O–H groups in total. The Labute approximate surface area is 85.2 Å². The van der Waals surface area contributed by atoms with Crippen LogP contribution in [-0.4, -0.2) is 31.2 Å². The largest absolute Gasteiger partial charge is 0.383 e. The van der Waals surface area contributed by atoms with Crippen LogP contribution in [0.5, 0.6) is 0 Å². The van der Waals surface area contributed by atoms with Gasteiger partial charge in [-0.1, -0.05) is 0 Å². The summed E-state index contributed by atoms with van der Waals surface area (Å²) in [5.41, 5.74) is 4.65. The van der Waals surface area contributed by atoms with E-state index in [1.54, 1.807) is 21.0 Å². The molecular weight excluding hydrogens is 180 g/mol. The number of carbonyl (C=O) groups is 1. The van der Waals surface area contributed by atoms with Crippen LogP contribution in [0.2, 0.25) is 0 Å². The fourth-order valence-electron chi connectivity index (χ4n) is 1.51. The predicted molar refractivity (Wildman–Crippen MR) is 54.8 cm³/mol. The Kier molecular flexibility index (Phi) is 3.50. The second kappa shape index (κ2) is 4.28. The topological polar surface area (TPSA) is 64.3 Å². The number of nitrogens with one attached hydrogen (secondary N) is 1. The highest BCUT2D eigenvalue weighted by Gasteiger charge is 2.36. The van der Waals surface area contributed by atoms with Crippen molar-refractivity contribution in [3.63, 3.8) is 0 Å². The lowest BCUT2D eigenvalue weighted by Gasteiger charge is -2.28. The van der Waals surface area contributed by atoms with Crippen LogP contribution >= 0.6 is 0 Å². The van der Waals surface area contributed by atoms with Crippen LogP contribution < -0.4 is 11.1 Å². The molecule has 0 radical (unpaired) electrons. The molecule has 1 atom stereocenters. The Hall–Kier alpha value is -0.610. The van der Waals surface area contributed by atoms with Gasteiger partial charge >= 0.3 is 0 Å². The van der Waals surface area contributed by atoms with Gasteiger partial charge in [0.15, 0.2) is 0 Å². The Balaban J connectivity index is 2.49. The van der Waals surface area contributed by atoms with Crippen LogP contribution in [0, 0.1) is 5.92 Å². The van der Waals surface area contributed by atoms with Crippen LogP contribution in [-0.2, 0) is 9.53 Å². The van der Waals surface area contributed by atoms with E-state index in [9.17, 15) is 4.79 Å². The molecular formula is C10H20N2O2. The molecule has 0 aromatic carbocycles. The van der Waals surface area contributed by atoms with Gasteiger partial charge in [0.05, 0.1) is 12.1 Å². The van der Waals surface area contributed by atoms with Crippen molar-refractivity contribution in [1.82, 2.24) is 5.32 Å². The zero-order valence-electron chi connectivity index (χ0n) is 9.17. The van der Waals surface area contributed by atoms with Crippen molar-refractivity contribution < 1.29 is 9.53 Å². The number of primary amides is 1. The number of nitrogens with two attached hydrogens (primary N) is 1. The number of ether oxygens (including phenoxy) is 1. The van der Waals surface area contributed by atoms with Gasteiger partial charge in [-0.2, -0.15) is 0 Å². The molecule has 0 spiro atoms. The second-order valence-corrected chi connectivity index (χ2v) is 4.53. The molecule has 0 aromatic rings. The van der Waals surface area contributed by atoms with Crippen molar-refractivity contribution in [3.05, 3.63) is 0 Å². The minimum absolute atomic E-state index is 0.252. The van der Waals surface area contributed by atoms with Gasteiger partial charge in [0.1, 0.15) is 0 Å². The Morgan fingerprint density at radius 3 is 2.57 bits per heavy atom. The van der Waals surface area contributed by atoms with Gasteiger partial charge in [-0.15, -0.1) is 0 Å². The molecule has 82 valence electrons. The fraction of sp³-hybridized carbons (Fsp3) is 0.900. The van der Waals surface area contributed by atoms with Gasteiger partial charge in [-0.05, 0) is 32.6 Å². The summed E-state index contributed by atoms with van der Waals surface area (Å²) >= 11 is 0. The smallest absolute Gasteiger partial charge is 0.237 e. The molecule has 4 heteroatoms. The Morgan fingerprint density at radius 1 is 1.64 bits per heavy atom. The number of carbonyl (C=O) groups excluding carboxylic acids is 1. The van der Waals surface area contributed by atoms with Gasteiger partial charge in [-0.3, -0.25) is 10.1 Å². The summed E-state index contributed by atoms with van der Waals surface area (Å²) in [5.74, 6) is 0.327. The maximum atomic E-state index is 11.1. The van der Waals surface area contributed by atoms with E-state index in [0.717, 1.165) is 0 Å². The molecule has 0 saturated heterocycles. The predicted octanol–water partition coefficient (Wildman–Crippen LogP) is 0.265. The minimum Gasteiger partial charge on any atom is -0.383 e. The first-order valence-electron chi connectivity index (χ1n) is 5.04. The molecule has 1 amide bonds. The van der Waals surface area contributed by atoms with E-state index in [4.69, 9.17) is 10.5 Å². The molecule has 0 aromatic heterocycles. The highest BCUT2D eigenvalue weighted by atomic mass is 16.5. The minimum atomic E-state index is -0.647. The monoisotopic (exact) mass is 200 g/mol. The van der Waals surface area contributed by atoms with Crippen LogP contribution in [0.4, 0.5) is 0 Å². The van der Waals surface area contributed by atoms with E-state index in [2.05, 4.69) is 5.32 Å². The normalized spacial score (nSPS) is 19.4. The molecule has 0 heterocycles. The van der Waals surface area contributed by atoms with E-state index in [1.807, 2.05) is 0 Å². The van der Waals surface area contributed by atoms with Gasteiger partial charge in [-0.25, -0.2) is 0 Å². The third-order valence-electron chi connectivity index (χ3n) is 2.70. The van der Waals surface area contributed by atoms with Crippen molar-refractivity contribution in [1.29, 1.82) is 0 Å². The van der Waals surface area contributed by atoms with Crippen molar-refractivity contribution in [2.75, 3.05) is 13.7 Å². The molecule has 0 aliphatic heterocycles. The maximum Gasteiger partial charge on any atom is 0.237 e. The van der Waals surface area contributed by atoms with Crippen molar-refractivity contribution >= 4 is 5.91 Å². The molecule has 1 rings (SSSR count). The van der Waals surface area contributed by atoms with Crippen molar-refractivity contribution in [2.45, 2.75) is 38.3 Å². The number of hydrogen-bond acceptors (Lipinski definition) is 3. The summed E-state index contributed by atoms with van der Waals surface area (Å²) < 4.78 is 5.12. The number of amides is 1. The highest BCUT2D eigenvalue weighted by Crippen LogP contribution is 2.33. The zero-order valence-corrected chi connectivity index (χ0v) is 9.17. The number of rotatable bonds is 6. The first kappa shape index (κ1) is 11.5. The number of hydrogen-bond donors (Lipinski definition) is 2. The standard InChI is InChI=1S/C10H20N2O2/c1-10(2,9(11)13)12-8(6-14-3)7-4-5-7/h7-8,12H,4-6H2,1-3H3,(H2,11,13). The average molecular weight is 200 g/mol. The van der Waals surface area contributed by atoms with Gasteiger partial charge in [0, 0.05) is 13.2 Å². The fourth-order valence-corrected chi connectivity index (χ4v) is 1.51. The lowest BCUT2D eigenvalue weighted by atomic mass is 10.0. The molecule has 14 heavy (non-hydrogen) atoms. The third kappa shape index (κ3) is 2.96. The SMILES string of the molecule is COCC(NC(C)(C)C(N)=O)C1CC1. The first-order valence-corrected chi connectivity index (χ1v) is 5.04. The second-order valence-electron chi connectivity index (χ2n) is 4.53. The van der Waals surface area contributed by atoms with Crippen LogP contribution in [0.25, 0.3) is 0 Å². The molecule has 1 fully saturated rings. The maximum absolute atomic E-state index is 11.1. The molecule has 1 saturated carbocycles. The summed E-state index contributed by atoms with van der Waals surface area (Å²) in [4.78, 5) is 11.1. The lowest BCUT2D eigenvalue weighted by molar-refractivity contribution is -0.123. The van der Waals surface area contributed by atoms with E-state index in [0.29, 0.717) is 12.5 Å². The Bertz CT molecular complexity index is 212. The van der Waals surface area contributed by atoms with Crippen molar-refractivity contribution in [2.24, 2.45) is 11.7 Å². The van der Waals surface area contributed by atoms with E-state index in [-0.39, 0.29) is 11.9 Å². The third-order valence-corrected chi connectivity index (χ3v) is 2.70. The van der Waals surface area contributed by atoms with Gasteiger partial charge < -0.3 is 10.5 Å². The summed E-state index contributed by atoms with van der Waals surface area (Å²) in [6, 6.07) is 0.252. The van der Waals surface area contributed by atoms with E-state index < -0.39 is 5.54 Å². The van der Waals surface area contributed by atoms with Crippen LogP contribution in [0.3, 0.4) is 0 Å². The van der Waals surface area contributed by atoms with Crippen molar-refractivity contribution in [3.8, 4) is 0 Å². The van der Waals surface area contributed by atoms with Crippen LogP contribution in [0.1, 0.15) is 26.7 Å². The van der Waals surface area contributed by atoms with Crippen LogP contribution in [0.15, 0.2) is 0 Å². The summed E-state index contributed by atoms with van der Waals surface area (Å²) in [5, 5.41) is 3.26. The Morgan fingerprint density at radius 2 is 2.21 bits per heavy atom. The van der Waals surface area contributed by atoms with E-state index >= 15 is 0 Å². The summed E-state index contributed by atoms with van der Waals surface area (Å²) in [6.07, 6.45) is 2.44. The molecule has 4 nitrogen and oxygen atoms in total. The molecule has 1 unspecified atom stereocenters. The summed E-state index contributed by atoms with van der Waals surface area (Å²) in [7, 11) is 1.67. The van der Waals surface area contributed by atoms with Gasteiger partial charge in [0.25, 0.3) is 0 Å². The highest BCUT2D eigenvalue weighted by molar-refractivity contribution is 5.83. The quantitative estimate of drug-likeness (QED) is 0.646. The molecule has 0 bridgehead atoms. The zero-order chi connectivity index (χ0) is 10.8. The molecule has 1 aliphatic carbocycles. The van der Waals surface area contributed by atoms with E-state index in [1.165, 1.54) is 12.8 Å². The summed E-state index contributed by atoms with van der Waals surface area (Å²) in [6.45, 7) is 4.25. The lowest BCUT2D eigenvalue weighted by Crippen LogP contribution is -2.56. The number of methoxy groups -OCH3 is 1.